The Balaban J connectivity index is 2.67. The van der Waals surface area contributed by atoms with Crippen molar-refractivity contribution in [3.8, 4) is 12.3 Å². The van der Waals surface area contributed by atoms with E-state index in [4.69, 9.17) is 18.0 Å². The third-order valence-electron chi connectivity index (χ3n) is 2.33. The Morgan fingerprint density at radius 3 is 2.94 bits per heavy atom. The van der Waals surface area contributed by atoms with Crippen LogP contribution in [-0.2, 0) is 0 Å². The number of rotatable bonds is 6. The molecule has 1 N–H and O–H groups in total. The summed E-state index contributed by atoms with van der Waals surface area (Å²) < 4.78 is 0. The maximum absolute atomic E-state index is 5.81. The third kappa shape index (κ3) is 4.22. The van der Waals surface area contributed by atoms with Crippen molar-refractivity contribution in [3.63, 3.8) is 0 Å². The van der Waals surface area contributed by atoms with Gasteiger partial charge in [-0.25, -0.2) is 0 Å². The van der Waals surface area contributed by atoms with Crippen LogP contribution in [0.3, 0.4) is 0 Å². The van der Waals surface area contributed by atoms with E-state index in [0.29, 0.717) is 5.02 Å². The molecule has 2 nitrogen and oxygen atoms in total. The smallest absolute Gasteiger partial charge is 0.0589 e. The Hall–Kier alpha value is -1.04. The summed E-state index contributed by atoms with van der Waals surface area (Å²) in [6.45, 7) is 3.11. The van der Waals surface area contributed by atoms with Gasteiger partial charge in [-0.2, -0.15) is 0 Å². The molecule has 0 bridgehead atoms. The molecule has 0 saturated carbocycles. The molecule has 1 rings (SSSR count). The van der Waals surface area contributed by atoms with Gasteiger partial charge in [-0.1, -0.05) is 18.5 Å². The Morgan fingerprint density at radius 2 is 2.38 bits per heavy atom. The molecule has 0 aliphatic rings. The van der Waals surface area contributed by atoms with Crippen molar-refractivity contribution in [2.24, 2.45) is 0 Å². The number of nitrogens with zero attached hydrogens (tertiary/aromatic N) is 1. The zero-order valence-corrected chi connectivity index (χ0v) is 10.3. The van der Waals surface area contributed by atoms with Crippen LogP contribution in [-0.4, -0.2) is 11.5 Å². The number of pyridine rings is 1. The number of aromatic nitrogens is 1. The van der Waals surface area contributed by atoms with Crippen LogP contribution in [0.15, 0.2) is 18.3 Å². The third-order valence-corrected chi connectivity index (χ3v) is 2.55. The lowest BCUT2D eigenvalue weighted by Crippen LogP contribution is -2.22. The van der Waals surface area contributed by atoms with E-state index in [1.165, 1.54) is 0 Å². The number of hydrogen-bond donors (Lipinski definition) is 1. The van der Waals surface area contributed by atoms with Gasteiger partial charge in [0.15, 0.2) is 0 Å². The quantitative estimate of drug-likeness (QED) is 0.768. The molecule has 0 spiro atoms. The number of hydrogen-bond acceptors (Lipinski definition) is 2. The molecule has 0 aromatic carbocycles. The van der Waals surface area contributed by atoms with Crippen LogP contribution < -0.4 is 5.32 Å². The van der Waals surface area contributed by atoms with E-state index in [1.807, 2.05) is 12.1 Å². The van der Waals surface area contributed by atoms with Gasteiger partial charge in [0.1, 0.15) is 0 Å². The fourth-order valence-corrected chi connectivity index (χ4v) is 1.61. The van der Waals surface area contributed by atoms with Gasteiger partial charge in [0.05, 0.1) is 16.8 Å². The highest BCUT2D eigenvalue weighted by Crippen LogP contribution is 2.17. The van der Waals surface area contributed by atoms with Gasteiger partial charge in [-0.05, 0) is 31.5 Å². The molecule has 0 aliphatic carbocycles. The summed E-state index contributed by atoms with van der Waals surface area (Å²) in [4.78, 5) is 4.32. The zero-order valence-electron chi connectivity index (χ0n) is 9.54. The normalized spacial score (nSPS) is 12.1. The predicted octanol–water partition coefficient (Wildman–Crippen LogP) is 3.19. The second kappa shape index (κ2) is 7.27. The van der Waals surface area contributed by atoms with Crippen molar-refractivity contribution in [2.75, 3.05) is 6.54 Å². The minimum atomic E-state index is 0.230. The molecule has 86 valence electrons. The lowest BCUT2D eigenvalue weighted by molar-refractivity contribution is 0.495. The van der Waals surface area contributed by atoms with E-state index in [2.05, 4.69) is 23.1 Å². The van der Waals surface area contributed by atoms with Crippen LogP contribution in [0, 0.1) is 12.3 Å². The van der Waals surface area contributed by atoms with Crippen LogP contribution in [0.25, 0.3) is 0 Å². The molecule has 1 aromatic rings. The molecule has 0 amide bonds. The topological polar surface area (TPSA) is 24.9 Å². The highest BCUT2D eigenvalue weighted by atomic mass is 35.5. The largest absolute Gasteiger partial charge is 0.309 e. The molecule has 1 heterocycles. The van der Waals surface area contributed by atoms with Gasteiger partial charge < -0.3 is 5.32 Å². The molecule has 1 aromatic heterocycles. The average Bonchev–Trinajstić information content (AvgIpc) is 2.31. The first-order chi connectivity index (χ1) is 7.77. The summed E-state index contributed by atoms with van der Waals surface area (Å²) in [7, 11) is 0. The predicted molar refractivity (Wildman–Crippen MR) is 68.3 cm³/mol. The molecular weight excluding hydrogens is 220 g/mol. The van der Waals surface area contributed by atoms with Gasteiger partial charge >= 0.3 is 0 Å². The molecule has 0 fully saturated rings. The van der Waals surface area contributed by atoms with Crippen molar-refractivity contribution in [2.45, 2.75) is 32.2 Å². The summed E-state index contributed by atoms with van der Waals surface area (Å²) in [5, 5.41) is 4.10. The zero-order chi connectivity index (χ0) is 11.8. The first-order valence-electron chi connectivity index (χ1n) is 5.56. The van der Waals surface area contributed by atoms with E-state index in [9.17, 15) is 0 Å². The lowest BCUT2D eigenvalue weighted by atomic mass is 10.1. The van der Waals surface area contributed by atoms with Gasteiger partial charge in [0.2, 0.25) is 0 Å². The van der Waals surface area contributed by atoms with Crippen molar-refractivity contribution in [1.29, 1.82) is 0 Å². The van der Waals surface area contributed by atoms with Crippen molar-refractivity contribution in [3.05, 3.63) is 29.0 Å². The van der Waals surface area contributed by atoms with Gasteiger partial charge in [-0.15, -0.1) is 12.3 Å². The molecular formula is C13H17ClN2. The van der Waals surface area contributed by atoms with Crippen LogP contribution in [0.2, 0.25) is 5.02 Å². The molecule has 0 radical (unpaired) electrons. The van der Waals surface area contributed by atoms with E-state index < -0.39 is 0 Å². The Kier molecular flexibility index (Phi) is 5.92. The second-order valence-electron chi connectivity index (χ2n) is 3.65. The van der Waals surface area contributed by atoms with Crippen molar-refractivity contribution < 1.29 is 0 Å². The molecule has 0 aliphatic heterocycles. The van der Waals surface area contributed by atoms with E-state index in [-0.39, 0.29) is 6.04 Å². The van der Waals surface area contributed by atoms with E-state index >= 15 is 0 Å². The van der Waals surface area contributed by atoms with Gasteiger partial charge in [0.25, 0.3) is 0 Å². The molecule has 1 atom stereocenters. The Morgan fingerprint density at radius 1 is 1.56 bits per heavy atom. The number of nitrogens with one attached hydrogen (secondary N) is 1. The number of terminal acetylenes is 1. The summed E-state index contributed by atoms with van der Waals surface area (Å²) in [6.07, 6.45) is 9.72. The first kappa shape index (κ1) is 13.0. The second-order valence-corrected chi connectivity index (χ2v) is 4.09. The fraction of sp³-hybridized carbons (Fsp3) is 0.462. The summed E-state index contributed by atoms with van der Waals surface area (Å²) in [5.74, 6) is 2.66. The van der Waals surface area contributed by atoms with Crippen LogP contribution >= 0.6 is 11.6 Å². The lowest BCUT2D eigenvalue weighted by Gasteiger charge is -2.16. The maximum Gasteiger partial charge on any atom is 0.0589 e. The highest BCUT2D eigenvalue weighted by Gasteiger charge is 2.10. The van der Waals surface area contributed by atoms with E-state index in [1.54, 1.807) is 6.20 Å². The number of halogens is 1. The minimum absolute atomic E-state index is 0.230. The van der Waals surface area contributed by atoms with Gasteiger partial charge in [-0.3, -0.25) is 4.98 Å². The monoisotopic (exact) mass is 236 g/mol. The van der Waals surface area contributed by atoms with E-state index in [0.717, 1.165) is 31.5 Å². The standard InChI is InChI=1S/C13H17ClN2/c1-3-5-6-12(15-9-4-2)13-8-7-11(14)10-16-13/h1,7-8,10,12,15H,4-6,9H2,2H3. The highest BCUT2D eigenvalue weighted by molar-refractivity contribution is 6.30. The Bertz CT molecular complexity index is 340. The van der Waals surface area contributed by atoms with Crippen LogP contribution in [0.5, 0.6) is 0 Å². The van der Waals surface area contributed by atoms with Crippen molar-refractivity contribution >= 4 is 11.6 Å². The summed E-state index contributed by atoms with van der Waals surface area (Å²) >= 11 is 5.81. The summed E-state index contributed by atoms with van der Waals surface area (Å²) in [6, 6.07) is 4.04. The summed E-state index contributed by atoms with van der Waals surface area (Å²) in [5.41, 5.74) is 1.01. The molecule has 16 heavy (non-hydrogen) atoms. The molecule has 1 unspecified atom stereocenters. The average molecular weight is 237 g/mol. The molecule has 0 saturated heterocycles. The van der Waals surface area contributed by atoms with Crippen LogP contribution in [0.4, 0.5) is 0 Å². The van der Waals surface area contributed by atoms with Gasteiger partial charge in [0, 0.05) is 12.6 Å². The minimum Gasteiger partial charge on any atom is -0.309 e. The maximum atomic E-state index is 5.81. The first-order valence-corrected chi connectivity index (χ1v) is 5.94. The Labute approximate surface area is 102 Å². The van der Waals surface area contributed by atoms with Crippen LogP contribution in [0.1, 0.15) is 37.9 Å². The van der Waals surface area contributed by atoms with Crippen molar-refractivity contribution in [1.82, 2.24) is 10.3 Å². The molecule has 3 heteroatoms. The SMILES string of the molecule is C#CCCC(NCCC)c1ccc(Cl)cn1. The fourth-order valence-electron chi connectivity index (χ4n) is 1.49.